The van der Waals surface area contributed by atoms with Crippen molar-refractivity contribution in [1.82, 2.24) is 0 Å². The maximum absolute atomic E-state index is 12.8. The predicted octanol–water partition coefficient (Wildman–Crippen LogP) is -6.00. The third-order valence-electron chi connectivity index (χ3n) is 7.00. The van der Waals surface area contributed by atoms with Crippen molar-refractivity contribution >= 4 is 100 Å². The van der Waals surface area contributed by atoms with Crippen LogP contribution in [-0.4, -0.2) is 60.4 Å². The molecule has 60 heavy (non-hydrogen) atoms. The molecule has 0 unspecified atom stereocenters. The Morgan fingerprint density at radius 1 is 0.650 bits per heavy atom. The van der Waals surface area contributed by atoms with E-state index in [0.29, 0.717) is 0 Å². The van der Waals surface area contributed by atoms with Gasteiger partial charge >= 0.3 is 88.7 Å². The molecule has 0 aliphatic carbocycles. The third-order valence-corrected chi connectivity index (χ3v) is 12.0. The molecule has 0 spiro atoms. The second-order valence-corrected chi connectivity index (χ2v) is 17.2. The standard InChI is InChI=1S/C29H29N7O16S5.3Na/c30-26-24(35-33-21-7-11-23(12-8-21)56(42,43)16-14-48-54-52-50-39)17-25(57(44,45)46)27(31)28(26)36-34-20-3-1-18(2-4-20)29(37)32-19-5-9-22(10-6-19)55(40,41)15-13-47-53-51-49-38;;;/h1-12,17,38-39H,13-16,30-31H2,(H,32,37)(H,44,45,46);;;/q;3*+1/p-3. The van der Waals surface area contributed by atoms with E-state index in [0.717, 1.165) is 6.07 Å². The summed E-state index contributed by atoms with van der Waals surface area (Å²) in [7, 11) is -12.8. The average Bonchev–Trinajstić information content (AvgIpc) is 3.17. The van der Waals surface area contributed by atoms with Gasteiger partial charge in [-0.2, -0.15) is 10.2 Å². The number of nitrogens with zero attached hydrogens (tertiary/aromatic N) is 4. The third kappa shape index (κ3) is 17.1. The van der Waals surface area contributed by atoms with Gasteiger partial charge in [-0.1, -0.05) is 0 Å². The minimum Gasteiger partial charge on any atom is -0.744 e. The van der Waals surface area contributed by atoms with Crippen LogP contribution in [0.2, 0.25) is 0 Å². The first kappa shape index (κ1) is 56.4. The van der Waals surface area contributed by atoms with Crippen molar-refractivity contribution in [1.29, 1.82) is 0 Å². The van der Waals surface area contributed by atoms with Gasteiger partial charge in [0.15, 0.2) is 44.3 Å². The summed E-state index contributed by atoms with van der Waals surface area (Å²) in [5.41, 5.74) is 11.0. The summed E-state index contributed by atoms with van der Waals surface area (Å²) in [5.74, 6) is -1.48. The van der Waals surface area contributed by atoms with Crippen LogP contribution in [0.5, 0.6) is 0 Å². The minimum absolute atomic E-state index is 0. The Morgan fingerprint density at radius 3 is 1.57 bits per heavy atom. The molecule has 4 aromatic rings. The van der Waals surface area contributed by atoms with Crippen LogP contribution in [0.25, 0.3) is 0 Å². The van der Waals surface area contributed by atoms with E-state index in [1.165, 1.54) is 72.8 Å². The quantitative estimate of drug-likeness (QED) is 0.0102. The molecule has 0 radical (unpaired) electrons. The molecule has 31 heteroatoms. The molecule has 306 valence electrons. The molecule has 0 aliphatic heterocycles. The summed E-state index contributed by atoms with van der Waals surface area (Å²) < 4.78 is 103. The number of carbonyl (C=O) groups excluding carboxylic acids is 1. The topological polar surface area (TPSA) is 358 Å². The molecule has 5 N–H and O–H groups in total. The Bertz CT molecular complexity index is 2420. The summed E-state index contributed by atoms with van der Waals surface area (Å²) in [4.78, 5) is 11.7. The molecule has 0 atom stereocenters. The Morgan fingerprint density at radius 2 is 1.10 bits per heavy atom. The van der Waals surface area contributed by atoms with Crippen molar-refractivity contribution in [2.45, 2.75) is 14.7 Å². The number of hydrogen-bond acceptors (Lipinski definition) is 24. The Hall–Kier alpha value is -1.66. The number of sulfone groups is 2. The fraction of sp³-hybridized carbons (Fsp3) is 0.138. The van der Waals surface area contributed by atoms with E-state index >= 15 is 0 Å². The van der Waals surface area contributed by atoms with Crippen molar-refractivity contribution in [2.24, 2.45) is 20.5 Å². The summed E-state index contributed by atoms with van der Waals surface area (Å²) in [5, 5.41) is 43.9. The minimum atomic E-state index is -5.19. The van der Waals surface area contributed by atoms with Crippen molar-refractivity contribution < 1.29 is 161 Å². The Labute approximate surface area is 417 Å². The van der Waals surface area contributed by atoms with E-state index in [-0.39, 0.29) is 170 Å². The maximum atomic E-state index is 12.8. The zero-order valence-electron chi connectivity index (χ0n) is 31.4. The van der Waals surface area contributed by atoms with Crippen LogP contribution in [0, 0.1) is 0 Å². The summed E-state index contributed by atoms with van der Waals surface area (Å²) >= 11 is 0.334. The van der Waals surface area contributed by atoms with Gasteiger partial charge in [0.2, 0.25) is 0 Å². The van der Waals surface area contributed by atoms with Gasteiger partial charge in [-0.3, -0.25) is 23.2 Å². The number of azo groups is 2. The van der Waals surface area contributed by atoms with Crippen molar-refractivity contribution in [3.63, 3.8) is 0 Å². The first-order valence-corrected chi connectivity index (χ1v) is 21.2. The van der Waals surface area contributed by atoms with E-state index in [1.54, 1.807) is 0 Å². The molecule has 0 aromatic heterocycles. The van der Waals surface area contributed by atoms with Gasteiger partial charge in [0.1, 0.15) is 21.5 Å². The summed E-state index contributed by atoms with van der Waals surface area (Å²) in [6.45, 7) is -0.641. The molecular weight excluding hydrogens is 932 g/mol. The van der Waals surface area contributed by atoms with Crippen LogP contribution in [0.4, 0.5) is 39.8 Å². The van der Waals surface area contributed by atoms with E-state index in [2.05, 4.69) is 44.5 Å². The van der Waals surface area contributed by atoms with Crippen molar-refractivity contribution in [2.75, 3.05) is 41.5 Å². The molecule has 1 amide bonds. The van der Waals surface area contributed by atoms with E-state index in [9.17, 15) is 45.1 Å². The average molecular weight is 958 g/mol. The molecule has 0 bridgehead atoms. The van der Waals surface area contributed by atoms with Crippen LogP contribution >= 0.6 is 24.6 Å². The number of rotatable bonds is 21. The van der Waals surface area contributed by atoms with Gasteiger partial charge < -0.3 is 31.9 Å². The van der Waals surface area contributed by atoms with E-state index in [1.807, 2.05) is 0 Å². The number of anilines is 3. The molecule has 23 nitrogen and oxygen atoms in total. The molecule has 0 heterocycles. The molecule has 0 aliphatic rings. The van der Waals surface area contributed by atoms with Crippen LogP contribution in [-0.2, 0) is 56.9 Å². The summed E-state index contributed by atoms with van der Waals surface area (Å²) in [6, 6.07) is 16.5. The number of hydrogen-bond donors (Lipinski definition) is 3. The number of nitrogens with two attached hydrogens (primary N) is 2. The Balaban J connectivity index is 0.00000600. The number of amides is 1. The largest absolute Gasteiger partial charge is 1.00 e. The molecule has 0 saturated carbocycles. The number of nitrogens with one attached hydrogen (secondary N) is 1. The van der Waals surface area contributed by atoms with Crippen LogP contribution in [0.3, 0.4) is 0 Å². The second kappa shape index (κ2) is 26.8. The summed E-state index contributed by atoms with van der Waals surface area (Å²) in [6.07, 6.45) is 0. The fourth-order valence-electron chi connectivity index (χ4n) is 4.28. The normalized spacial score (nSPS) is 11.8. The number of benzene rings is 4. The van der Waals surface area contributed by atoms with Gasteiger partial charge in [-0.15, -0.1) is 18.9 Å². The molecule has 4 aromatic carbocycles. The molecule has 0 saturated heterocycles. The smallest absolute Gasteiger partial charge is 0.744 e. The molecular formula is C29H26N7Na3O16S5. The molecule has 4 rings (SSSR count). The monoisotopic (exact) mass is 957 g/mol. The number of nitrogen functional groups attached to an aromatic ring is 2. The van der Waals surface area contributed by atoms with Crippen molar-refractivity contribution in [3.8, 4) is 0 Å². The van der Waals surface area contributed by atoms with Crippen LogP contribution < -0.4 is 116 Å². The van der Waals surface area contributed by atoms with Gasteiger partial charge in [0.25, 0.3) is 5.91 Å². The van der Waals surface area contributed by atoms with E-state index < -0.39 is 63.5 Å². The van der Waals surface area contributed by atoms with Crippen molar-refractivity contribution in [3.05, 3.63) is 84.4 Å². The Kier molecular flexibility index (Phi) is 25.2. The van der Waals surface area contributed by atoms with Gasteiger partial charge in [-0.05, 0) is 78.9 Å². The first-order chi connectivity index (χ1) is 27.1. The van der Waals surface area contributed by atoms with E-state index in [4.69, 9.17) is 19.8 Å². The maximum Gasteiger partial charge on any atom is 1.00 e. The van der Waals surface area contributed by atoms with Gasteiger partial charge in [0.05, 0.1) is 62.2 Å². The first-order valence-electron chi connectivity index (χ1n) is 15.1. The van der Waals surface area contributed by atoms with Crippen LogP contribution in [0.1, 0.15) is 10.4 Å². The van der Waals surface area contributed by atoms with Crippen LogP contribution in [0.15, 0.2) is 114 Å². The molecule has 0 fully saturated rings. The van der Waals surface area contributed by atoms with Gasteiger partial charge in [-0.25, -0.2) is 25.3 Å². The number of carbonyl (C=O) groups is 1. The fourth-order valence-corrected chi connectivity index (χ4v) is 7.72. The predicted molar refractivity (Wildman–Crippen MR) is 194 cm³/mol. The second-order valence-electron chi connectivity index (χ2n) is 10.6. The van der Waals surface area contributed by atoms with Gasteiger partial charge in [0, 0.05) is 11.3 Å². The zero-order chi connectivity index (χ0) is 41.6. The zero-order valence-corrected chi connectivity index (χ0v) is 41.4. The SMILES string of the molecule is Nc1c(N=Nc2ccc(S(=O)(=O)CCOSOO[O-])cc2)cc(S(=O)(=O)[O-])c(N)c1N=Nc1ccc(C(=O)Nc2ccc(S(=O)(=O)CCOSOO[O-])cc2)cc1.[Na+].[Na+].[Na+].